The van der Waals surface area contributed by atoms with Crippen molar-refractivity contribution in [2.75, 3.05) is 32.7 Å². The lowest BCUT2D eigenvalue weighted by Crippen LogP contribution is -3.00. The van der Waals surface area contributed by atoms with Crippen LogP contribution in [0.15, 0.2) is 29.8 Å². The van der Waals surface area contributed by atoms with E-state index in [1.807, 2.05) is 6.07 Å². The van der Waals surface area contributed by atoms with E-state index in [9.17, 15) is 18.8 Å². The number of nitriles is 1. The zero-order valence-corrected chi connectivity index (χ0v) is 14.5. The highest BCUT2D eigenvalue weighted by Crippen LogP contribution is 2.17. The Labute approximate surface area is 151 Å². The predicted molar refractivity (Wildman–Crippen MR) is 85.4 cm³/mol. The summed E-state index contributed by atoms with van der Waals surface area (Å²) in [6, 6.07) is 7.72. The number of carbonyl (C=O) groups is 1. The summed E-state index contributed by atoms with van der Waals surface area (Å²) >= 11 is 0. The molecule has 2 rings (SSSR count). The molecule has 8 heteroatoms. The molecule has 1 aromatic rings. The molecule has 1 amide bonds. The Morgan fingerprint density at radius 2 is 1.88 bits per heavy atom. The van der Waals surface area contributed by atoms with Crippen LogP contribution >= 0.6 is 0 Å². The van der Waals surface area contributed by atoms with Crippen molar-refractivity contribution in [1.29, 1.82) is 5.26 Å². The Morgan fingerprint density at radius 3 is 2.36 bits per heavy atom. The fraction of sp³-hybridized carbons (Fsp3) is 0.412. The second-order valence-corrected chi connectivity index (χ2v) is 5.34. The van der Waals surface area contributed by atoms with E-state index in [-0.39, 0.29) is 29.6 Å². The second-order valence-electron chi connectivity index (χ2n) is 5.34. The van der Waals surface area contributed by atoms with E-state index in [0.29, 0.717) is 18.7 Å². The Balaban J connectivity index is 0.00000312. The third kappa shape index (κ3) is 6.00. The number of hydrogen-bond acceptors (Lipinski definition) is 4. The van der Waals surface area contributed by atoms with Crippen LogP contribution in [0.1, 0.15) is 12.5 Å². The third-order valence-electron chi connectivity index (χ3n) is 3.87. The van der Waals surface area contributed by atoms with Gasteiger partial charge in [-0.15, -0.1) is 0 Å². The molecule has 0 aromatic heterocycles. The largest absolute Gasteiger partial charge is 1.00 e. The third-order valence-corrected chi connectivity index (χ3v) is 3.87. The molecule has 1 saturated heterocycles. The fourth-order valence-electron chi connectivity index (χ4n) is 2.49. The van der Waals surface area contributed by atoms with Crippen molar-refractivity contribution in [2.24, 2.45) is 0 Å². The zero-order valence-electron chi connectivity index (χ0n) is 13.8. The maximum Gasteiger partial charge on any atom is 0.387 e. The van der Waals surface area contributed by atoms with Crippen LogP contribution in [0.25, 0.3) is 6.08 Å². The highest BCUT2D eigenvalue weighted by Gasteiger charge is 2.22. The molecule has 0 radical (unpaired) electrons. The second kappa shape index (κ2) is 9.97. The lowest BCUT2D eigenvalue weighted by molar-refractivity contribution is -0.128. The van der Waals surface area contributed by atoms with E-state index in [0.717, 1.165) is 19.6 Å². The number of halogens is 3. The van der Waals surface area contributed by atoms with Gasteiger partial charge < -0.3 is 26.9 Å². The van der Waals surface area contributed by atoms with E-state index in [1.165, 1.54) is 30.3 Å². The summed E-state index contributed by atoms with van der Waals surface area (Å²) in [4.78, 5) is 16.3. The summed E-state index contributed by atoms with van der Waals surface area (Å²) in [6.45, 7) is 2.89. The van der Waals surface area contributed by atoms with Crippen molar-refractivity contribution in [3.8, 4) is 11.8 Å². The molecule has 5 nitrogen and oxygen atoms in total. The van der Waals surface area contributed by atoms with Crippen molar-refractivity contribution in [1.82, 2.24) is 9.80 Å². The molecule has 25 heavy (non-hydrogen) atoms. The number of carbonyl (C=O) groups excluding carboxylic acids is 1. The summed E-state index contributed by atoms with van der Waals surface area (Å²) in [5, 5.41) is 9.26. The quantitative estimate of drug-likeness (QED) is 0.511. The molecule has 1 aliphatic heterocycles. The van der Waals surface area contributed by atoms with Crippen LogP contribution in [0.3, 0.4) is 0 Å². The van der Waals surface area contributed by atoms with Crippen LogP contribution in [0, 0.1) is 11.3 Å². The highest BCUT2D eigenvalue weighted by molar-refractivity contribution is 6.01. The van der Waals surface area contributed by atoms with Crippen LogP contribution < -0.4 is 17.1 Å². The average Bonchev–Trinajstić information content (AvgIpc) is 2.60. The number of ether oxygens (including phenoxy) is 1. The minimum absolute atomic E-state index is 0. The first-order valence-corrected chi connectivity index (χ1v) is 7.71. The van der Waals surface area contributed by atoms with Gasteiger partial charge in [-0.1, -0.05) is 19.1 Å². The maximum absolute atomic E-state index is 12.4. The zero-order chi connectivity index (χ0) is 17.5. The van der Waals surface area contributed by atoms with E-state index in [4.69, 9.17) is 0 Å². The van der Waals surface area contributed by atoms with Gasteiger partial charge in [0, 0.05) is 26.2 Å². The molecule has 1 heterocycles. The minimum Gasteiger partial charge on any atom is -1.00 e. The number of hydrogen-bond donors (Lipinski definition) is 0. The number of amides is 1. The Morgan fingerprint density at radius 1 is 1.28 bits per heavy atom. The summed E-state index contributed by atoms with van der Waals surface area (Å²) in [6.07, 6.45) is 1.46. The molecule has 0 bridgehead atoms. The van der Waals surface area contributed by atoms with E-state index in [2.05, 4.69) is 16.6 Å². The summed E-state index contributed by atoms with van der Waals surface area (Å²) in [5.41, 5.74) is 0.608. The normalized spacial score (nSPS) is 15.5. The summed E-state index contributed by atoms with van der Waals surface area (Å²) < 4.78 is 28.5. The van der Waals surface area contributed by atoms with Crippen molar-refractivity contribution in [3.05, 3.63) is 35.4 Å². The van der Waals surface area contributed by atoms with Crippen LogP contribution in [0.2, 0.25) is 0 Å². The molecule has 0 unspecified atom stereocenters. The first-order chi connectivity index (χ1) is 11.5. The Kier molecular flexibility index (Phi) is 8.32. The fourth-order valence-corrected chi connectivity index (χ4v) is 2.49. The standard InChI is InChI=1S/C17H19F2N3O2.ClH/c1-2-21-7-9-22(10-8-21)16(23)14(12-20)11-13-3-5-15(6-4-13)24-17(18)19;/h3-6,11,17H,2,7-10H2,1H3;1H/p-1/b14-11+;. The molecule has 1 aliphatic rings. The van der Waals surface area contributed by atoms with Crippen LogP contribution in [-0.4, -0.2) is 55.0 Å². The molecule has 1 fully saturated rings. The molecule has 136 valence electrons. The number of likely N-dealkylation sites (N-methyl/N-ethyl adjacent to an activating group) is 1. The summed E-state index contributed by atoms with van der Waals surface area (Å²) in [5.74, 6) is -0.274. The smallest absolute Gasteiger partial charge is 0.387 e. The van der Waals surface area contributed by atoms with Gasteiger partial charge >= 0.3 is 6.61 Å². The van der Waals surface area contributed by atoms with Gasteiger partial charge in [-0.05, 0) is 30.3 Å². The first kappa shape index (κ1) is 20.9. The predicted octanol–water partition coefficient (Wildman–Crippen LogP) is -0.637. The number of piperazine rings is 1. The van der Waals surface area contributed by atoms with Crippen LogP contribution in [0.5, 0.6) is 5.75 Å². The van der Waals surface area contributed by atoms with Gasteiger partial charge in [0.25, 0.3) is 5.91 Å². The van der Waals surface area contributed by atoms with Gasteiger partial charge in [0.2, 0.25) is 0 Å². The maximum atomic E-state index is 12.4. The number of alkyl halides is 2. The minimum atomic E-state index is -2.88. The van der Waals surface area contributed by atoms with Crippen LogP contribution in [-0.2, 0) is 4.79 Å². The number of rotatable bonds is 5. The summed E-state index contributed by atoms with van der Waals surface area (Å²) in [7, 11) is 0. The lowest BCUT2D eigenvalue weighted by Gasteiger charge is -2.33. The monoisotopic (exact) mass is 370 g/mol. The molecule has 0 N–H and O–H groups in total. The Hall–Kier alpha value is -2.17. The van der Waals surface area contributed by atoms with Crippen molar-refractivity contribution >= 4 is 12.0 Å². The number of nitrogens with zero attached hydrogens (tertiary/aromatic N) is 3. The van der Waals surface area contributed by atoms with Gasteiger partial charge in [-0.2, -0.15) is 14.0 Å². The van der Waals surface area contributed by atoms with Crippen molar-refractivity contribution in [3.63, 3.8) is 0 Å². The molecule has 0 atom stereocenters. The molecule has 0 aliphatic carbocycles. The molecule has 1 aromatic carbocycles. The van der Waals surface area contributed by atoms with Crippen molar-refractivity contribution < 1.29 is 30.7 Å². The van der Waals surface area contributed by atoms with Gasteiger partial charge in [0.1, 0.15) is 17.4 Å². The average molecular weight is 371 g/mol. The van der Waals surface area contributed by atoms with E-state index in [1.54, 1.807) is 4.90 Å². The Bertz CT molecular complexity index is 636. The number of benzene rings is 1. The lowest BCUT2D eigenvalue weighted by atomic mass is 10.1. The van der Waals surface area contributed by atoms with Gasteiger partial charge in [-0.25, -0.2) is 0 Å². The van der Waals surface area contributed by atoms with Crippen molar-refractivity contribution in [2.45, 2.75) is 13.5 Å². The molecule has 0 spiro atoms. The van der Waals surface area contributed by atoms with Gasteiger partial charge in [0.05, 0.1) is 0 Å². The molecular weight excluding hydrogens is 352 g/mol. The molecular formula is C17H19ClF2N3O2-. The van der Waals surface area contributed by atoms with E-state index < -0.39 is 6.61 Å². The van der Waals surface area contributed by atoms with Gasteiger partial charge in [0.15, 0.2) is 0 Å². The highest BCUT2D eigenvalue weighted by atomic mass is 35.5. The van der Waals surface area contributed by atoms with E-state index >= 15 is 0 Å². The SMILES string of the molecule is CCN1CCN(C(=O)/C(C#N)=C/c2ccc(OC(F)F)cc2)CC1.[Cl-]. The molecule has 0 saturated carbocycles. The topological polar surface area (TPSA) is 56.6 Å². The first-order valence-electron chi connectivity index (χ1n) is 7.71. The van der Waals surface area contributed by atoms with Crippen LogP contribution in [0.4, 0.5) is 8.78 Å². The van der Waals surface area contributed by atoms with Gasteiger partial charge in [-0.3, -0.25) is 4.79 Å².